The standard InChI is InChI=1S/C16H15N3S/c1-11-5-3-7-14-12(2)9-15(18-16(11)14)19-17-10-13-6-4-8-20-13/h3-10H,1-2H3,(H,18,19)/b17-10-. The summed E-state index contributed by atoms with van der Waals surface area (Å²) in [6.45, 7) is 4.17. The molecular weight excluding hydrogens is 266 g/mol. The molecular formula is C16H15N3S. The van der Waals surface area contributed by atoms with Gasteiger partial charge in [-0.25, -0.2) is 4.98 Å². The Bertz CT molecular complexity index is 761. The normalized spacial score (nSPS) is 11.3. The average Bonchev–Trinajstić information content (AvgIpc) is 2.93. The quantitative estimate of drug-likeness (QED) is 0.572. The Hall–Kier alpha value is -2.20. The molecule has 0 unspecified atom stereocenters. The fraction of sp³-hybridized carbons (Fsp3) is 0.125. The summed E-state index contributed by atoms with van der Waals surface area (Å²) >= 11 is 1.66. The lowest BCUT2D eigenvalue weighted by molar-refractivity contribution is 1.24. The van der Waals surface area contributed by atoms with E-state index in [0.717, 1.165) is 16.2 Å². The topological polar surface area (TPSA) is 37.3 Å². The molecule has 1 aromatic carbocycles. The highest BCUT2D eigenvalue weighted by Crippen LogP contribution is 2.22. The molecule has 0 aliphatic rings. The zero-order valence-corrected chi connectivity index (χ0v) is 12.2. The summed E-state index contributed by atoms with van der Waals surface area (Å²) in [7, 11) is 0. The van der Waals surface area contributed by atoms with E-state index in [0.29, 0.717) is 0 Å². The number of fused-ring (bicyclic) bond motifs is 1. The maximum atomic E-state index is 4.63. The Kier molecular flexibility index (Phi) is 3.48. The summed E-state index contributed by atoms with van der Waals surface area (Å²) < 4.78 is 0. The van der Waals surface area contributed by atoms with Gasteiger partial charge in [-0.2, -0.15) is 5.10 Å². The highest BCUT2D eigenvalue weighted by atomic mass is 32.1. The van der Waals surface area contributed by atoms with Gasteiger partial charge in [-0.3, -0.25) is 5.43 Å². The Balaban J connectivity index is 1.91. The third-order valence-corrected chi connectivity index (χ3v) is 3.97. The minimum atomic E-state index is 0.775. The lowest BCUT2D eigenvalue weighted by Gasteiger charge is -2.07. The summed E-state index contributed by atoms with van der Waals surface area (Å²) in [5.74, 6) is 0.775. The smallest absolute Gasteiger partial charge is 0.147 e. The lowest BCUT2D eigenvalue weighted by Crippen LogP contribution is -1.96. The highest BCUT2D eigenvalue weighted by molar-refractivity contribution is 7.11. The van der Waals surface area contributed by atoms with Crippen LogP contribution in [0.5, 0.6) is 0 Å². The van der Waals surface area contributed by atoms with E-state index in [1.807, 2.05) is 29.8 Å². The van der Waals surface area contributed by atoms with E-state index in [-0.39, 0.29) is 0 Å². The molecule has 0 aliphatic carbocycles. The van der Waals surface area contributed by atoms with Crippen molar-refractivity contribution < 1.29 is 0 Å². The van der Waals surface area contributed by atoms with Crippen molar-refractivity contribution in [1.29, 1.82) is 0 Å². The fourth-order valence-corrected chi connectivity index (χ4v) is 2.73. The summed E-state index contributed by atoms with van der Waals surface area (Å²) in [6, 6.07) is 12.3. The largest absolute Gasteiger partial charge is 0.261 e. The minimum Gasteiger partial charge on any atom is -0.261 e. The van der Waals surface area contributed by atoms with E-state index >= 15 is 0 Å². The van der Waals surface area contributed by atoms with E-state index < -0.39 is 0 Å². The molecule has 0 atom stereocenters. The van der Waals surface area contributed by atoms with Gasteiger partial charge in [-0.05, 0) is 42.5 Å². The molecule has 3 nitrogen and oxygen atoms in total. The molecule has 0 fully saturated rings. The molecule has 20 heavy (non-hydrogen) atoms. The number of nitrogens with zero attached hydrogens (tertiary/aromatic N) is 2. The van der Waals surface area contributed by atoms with E-state index in [4.69, 9.17) is 0 Å². The zero-order chi connectivity index (χ0) is 13.9. The number of nitrogens with one attached hydrogen (secondary N) is 1. The average molecular weight is 281 g/mol. The van der Waals surface area contributed by atoms with E-state index in [1.165, 1.54) is 16.5 Å². The summed E-state index contributed by atoms with van der Waals surface area (Å²) in [4.78, 5) is 5.75. The number of hydrazone groups is 1. The molecule has 0 saturated carbocycles. The zero-order valence-electron chi connectivity index (χ0n) is 11.4. The molecule has 0 amide bonds. The summed E-state index contributed by atoms with van der Waals surface area (Å²) in [5, 5.41) is 7.46. The van der Waals surface area contributed by atoms with Crippen LogP contribution < -0.4 is 5.43 Å². The van der Waals surface area contributed by atoms with Gasteiger partial charge in [0.05, 0.1) is 11.7 Å². The molecule has 0 spiro atoms. The van der Waals surface area contributed by atoms with Crippen LogP contribution in [0.1, 0.15) is 16.0 Å². The molecule has 0 saturated heterocycles. The van der Waals surface area contributed by atoms with Gasteiger partial charge in [0.2, 0.25) is 0 Å². The third-order valence-electron chi connectivity index (χ3n) is 3.16. The molecule has 3 rings (SSSR count). The van der Waals surface area contributed by atoms with Crippen LogP contribution in [0, 0.1) is 13.8 Å². The molecule has 0 aliphatic heterocycles. The van der Waals surface area contributed by atoms with Crippen LogP contribution in [0.4, 0.5) is 5.82 Å². The predicted molar refractivity (Wildman–Crippen MR) is 86.8 cm³/mol. The Morgan fingerprint density at radius 2 is 2.05 bits per heavy atom. The number of benzene rings is 1. The van der Waals surface area contributed by atoms with Gasteiger partial charge in [-0.1, -0.05) is 24.3 Å². The molecule has 100 valence electrons. The fourth-order valence-electron chi connectivity index (χ4n) is 2.15. The van der Waals surface area contributed by atoms with Crippen molar-refractivity contribution in [1.82, 2.24) is 4.98 Å². The second kappa shape index (κ2) is 5.43. The maximum absolute atomic E-state index is 4.63. The number of pyridine rings is 1. The third kappa shape index (κ3) is 2.56. The molecule has 2 heterocycles. The first-order valence-electron chi connectivity index (χ1n) is 6.43. The number of hydrogen-bond donors (Lipinski definition) is 1. The van der Waals surface area contributed by atoms with Crippen molar-refractivity contribution >= 4 is 34.3 Å². The molecule has 0 bridgehead atoms. The molecule has 3 aromatic rings. The van der Waals surface area contributed by atoms with Crippen LogP contribution in [0.2, 0.25) is 0 Å². The second-order valence-corrected chi connectivity index (χ2v) is 5.66. The Morgan fingerprint density at radius 3 is 2.85 bits per heavy atom. The van der Waals surface area contributed by atoms with Crippen LogP contribution in [-0.4, -0.2) is 11.2 Å². The Morgan fingerprint density at radius 1 is 1.15 bits per heavy atom. The van der Waals surface area contributed by atoms with Gasteiger partial charge in [0.1, 0.15) is 5.82 Å². The van der Waals surface area contributed by atoms with Crippen LogP contribution in [-0.2, 0) is 0 Å². The van der Waals surface area contributed by atoms with Crippen molar-refractivity contribution in [3.05, 3.63) is 57.8 Å². The second-order valence-electron chi connectivity index (χ2n) is 4.68. The van der Waals surface area contributed by atoms with Crippen molar-refractivity contribution in [3.8, 4) is 0 Å². The van der Waals surface area contributed by atoms with Crippen molar-refractivity contribution in [3.63, 3.8) is 0 Å². The van der Waals surface area contributed by atoms with Crippen LogP contribution in [0.3, 0.4) is 0 Å². The summed E-state index contributed by atoms with van der Waals surface area (Å²) in [6.07, 6.45) is 1.81. The molecule has 1 N–H and O–H groups in total. The van der Waals surface area contributed by atoms with Gasteiger partial charge < -0.3 is 0 Å². The van der Waals surface area contributed by atoms with Crippen molar-refractivity contribution in [2.24, 2.45) is 5.10 Å². The number of aromatic nitrogens is 1. The number of anilines is 1. The van der Waals surface area contributed by atoms with Gasteiger partial charge >= 0.3 is 0 Å². The van der Waals surface area contributed by atoms with E-state index in [9.17, 15) is 0 Å². The van der Waals surface area contributed by atoms with Crippen molar-refractivity contribution in [2.45, 2.75) is 13.8 Å². The number of thiophene rings is 1. The maximum Gasteiger partial charge on any atom is 0.147 e. The van der Waals surface area contributed by atoms with Gasteiger partial charge in [0.15, 0.2) is 0 Å². The lowest BCUT2D eigenvalue weighted by atomic mass is 10.1. The molecule has 0 radical (unpaired) electrons. The monoisotopic (exact) mass is 281 g/mol. The first kappa shape index (κ1) is 12.8. The number of hydrogen-bond acceptors (Lipinski definition) is 4. The van der Waals surface area contributed by atoms with Gasteiger partial charge in [-0.15, -0.1) is 11.3 Å². The van der Waals surface area contributed by atoms with Gasteiger partial charge in [0.25, 0.3) is 0 Å². The highest BCUT2D eigenvalue weighted by Gasteiger charge is 2.04. The number of para-hydroxylation sites is 1. The number of aryl methyl sites for hydroxylation is 2. The van der Waals surface area contributed by atoms with Gasteiger partial charge in [0, 0.05) is 10.3 Å². The van der Waals surface area contributed by atoms with Crippen LogP contribution in [0.25, 0.3) is 10.9 Å². The Labute approximate surface area is 122 Å². The van der Waals surface area contributed by atoms with E-state index in [1.54, 1.807) is 11.3 Å². The van der Waals surface area contributed by atoms with E-state index in [2.05, 4.69) is 47.6 Å². The van der Waals surface area contributed by atoms with Crippen LogP contribution in [0.15, 0.2) is 46.9 Å². The first-order valence-corrected chi connectivity index (χ1v) is 7.31. The van der Waals surface area contributed by atoms with Crippen molar-refractivity contribution in [2.75, 3.05) is 5.43 Å². The number of rotatable bonds is 3. The summed E-state index contributed by atoms with van der Waals surface area (Å²) in [5.41, 5.74) is 6.42. The molecule has 2 aromatic heterocycles. The van der Waals surface area contributed by atoms with Crippen LogP contribution >= 0.6 is 11.3 Å². The first-order chi connectivity index (χ1) is 9.74. The minimum absolute atomic E-state index is 0.775. The predicted octanol–water partition coefficient (Wildman–Crippen LogP) is 4.36. The SMILES string of the molecule is Cc1cc(N/N=C\c2cccs2)nc2c(C)cccc12. The molecule has 4 heteroatoms.